The van der Waals surface area contributed by atoms with E-state index in [2.05, 4.69) is 16.8 Å². The van der Waals surface area contributed by atoms with Gasteiger partial charge in [0, 0.05) is 37.8 Å². The quantitative estimate of drug-likeness (QED) is 0.845. The summed E-state index contributed by atoms with van der Waals surface area (Å²) in [6.45, 7) is 0.512. The van der Waals surface area contributed by atoms with E-state index in [0.29, 0.717) is 12.1 Å². The van der Waals surface area contributed by atoms with Gasteiger partial charge in [0.2, 0.25) is 0 Å². The number of benzene rings is 1. The minimum absolute atomic E-state index is 0.0795. The zero-order chi connectivity index (χ0) is 18.4. The van der Waals surface area contributed by atoms with E-state index in [0.717, 1.165) is 17.7 Å². The molecule has 0 saturated carbocycles. The van der Waals surface area contributed by atoms with Crippen molar-refractivity contribution >= 4 is 29.0 Å². The molecule has 3 unspecified atom stereocenters. The van der Waals surface area contributed by atoms with Crippen molar-refractivity contribution in [1.82, 2.24) is 9.80 Å². The SMILES string of the molecule is CN(C)C(=O)c1ccc2c(c1)C1C(CCN1C(=O)O)C(c1ccsc1)N2. The molecule has 3 heterocycles. The van der Waals surface area contributed by atoms with E-state index in [1.54, 1.807) is 31.5 Å². The van der Waals surface area contributed by atoms with E-state index in [9.17, 15) is 14.7 Å². The number of nitrogens with zero attached hydrogens (tertiary/aromatic N) is 2. The van der Waals surface area contributed by atoms with Crippen LogP contribution < -0.4 is 5.32 Å². The van der Waals surface area contributed by atoms with Crippen LogP contribution >= 0.6 is 11.3 Å². The summed E-state index contributed by atoms with van der Waals surface area (Å²) in [5.74, 6) is 0.0714. The van der Waals surface area contributed by atoms with Gasteiger partial charge in [0.1, 0.15) is 0 Å². The normalized spacial score (nSPS) is 23.8. The molecule has 1 aromatic heterocycles. The van der Waals surface area contributed by atoms with Crippen LogP contribution in [0.4, 0.5) is 10.5 Å². The van der Waals surface area contributed by atoms with Gasteiger partial charge in [0.15, 0.2) is 0 Å². The number of fused-ring (bicyclic) bond motifs is 3. The second-order valence-corrected chi connectivity index (χ2v) is 7.83. The van der Waals surface area contributed by atoms with Crippen LogP contribution in [0.2, 0.25) is 0 Å². The number of hydrogen-bond acceptors (Lipinski definition) is 4. The van der Waals surface area contributed by atoms with Gasteiger partial charge in [0.25, 0.3) is 5.91 Å². The molecule has 1 fully saturated rings. The zero-order valence-corrected chi connectivity index (χ0v) is 15.5. The number of hydrogen-bond donors (Lipinski definition) is 2. The van der Waals surface area contributed by atoms with Crippen LogP contribution in [-0.2, 0) is 0 Å². The maximum atomic E-state index is 12.4. The van der Waals surface area contributed by atoms with Gasteiger partial charge in [-0.3, -0.25) is 4.79 Å². The minimum atomic E-state index is -0.904. The van der Waals surface area contributed by atoms with Crippen LogP contribution in [0.1, 0.15) is 40.0 Å². The van der Waals surface area contributed by atoms with Gasteiger partial charge in [-0.15, -0.1) is 0 Å². The molecule has 6 nitrogen and oxygen atoms in total. The molecule has 1 aromatic carbocycles. The molecule has 3 atom stereocenters. The lowest BCUT2D eigenvalue weighted by Gasteiger charge is -2.39. The fourth-order valence-electron chi connectivity index (χ4n) is 4.17. The van der Waals surface area contributed by atoms with Gasteiger partial charge >= 0.3 is 6.09 Å². The average Bonchev–Trinajstić information content (AvgIpc) is 3.29. The maximum absolute atomic E-state index is 12.4. The molecule has 2 amide bonds. The van der Waals surface area contributed by atoms with Crippen molar-refractivity contribution in [3.63, 3.8) is 0 Å². The Hall–Kier alpha value is -2.54. The summed E-state index contributed by atoms with van der Waals surface area (Å²) in [6, 6.07) is 7.51. The number of anilines is 1. The molecule has 2 aromatic rings. The first-order chi connectivity index (χ1) is 12.5. The van der Waals surface area contributed by atoms with Crippen molar-refractivity contribution in [3.05, 3.63) is 51.7 Å². The first-order valence-corrected chi connectivity index (χ1v) is 9.55. The summed E-state index contributed by atoms with van der Waals surface area (Å²) in [5.41, 5.74) is 3.58. The van der Waals surface area contributed by atoms with Gasteiger partial charge in [0.05, 0.1) is 12.1 Å². The van der Waals surface area contributed by atoms with Crippen molar-refractivity contribution in [2.24, 2.45) is 5.92 Å². The molecule has 2 aliphatic rings. The molecule has 0 radical (unpaired) electrons. The predicted octanol–water partition coefficient (Wildman–Crippen LogP) is 3.66. The molecular formula is C19H21N3O3S. The molecule has 0 aliphatic carbocycles. The highest BCUT2D eigenvalue weighted by atomic mass is 32.1. The molecule has 0 spiro atoms. The Morgan fingerprint density at radius 1 is 1.31 bits per heavy atom. The molecule has 136 valence electrons. The largest absolute Gasteiger partial charge is 0.465 e. The monoisotopic (exact) mass is 371 g/mol. The number of likely N-dealkylation sites (tertiary alicyclic amines) is 1. The number of thiophene rings is 1. The van der Waals surface area contributed by atoms with E-state index in [1.807, 2.05) is 17.5 Å². The van der Waals surface area contributed by atoms with E-state index in [-0.39, 0.29) is 23.9 Å². The molecule has 7 heteroatoms. The Bertz CT molecular complexity index is 850. The first-order valence-electron chi connectivity index (χ1n) is 8.61. The summed E-state index contributed by atoms with van der Waals surface area (Å²) in [5, 5.41) is 17.4. The van der Waals surface area contributed by atoms with E-state index in [1.165, 1.54) is 15.4 Å². The van der Waals surface area contributed by atoms with E-state index < -0.39 is 6.09 Å². The lowest BCUT2D eigenvalue weighted by atomic mass is 9.80. The molecule has 1 saturated heterocycles. The van der Waals surface area contributed by atoms with Gasteiger partial charge in [-0.05, 0) is 52.6 Å². The van der Waals surface area contributed by atoms with Crippen molar-refractivity contribution in [3.8, 4) is 0 Å². The third-order valence-corrected chi connectivity index (χ3v) is 6.06. The number of carbonyl (C=O) groups is 2. The summed E-state index contributed by atoms with van der Waals surface area (Å²) in [6.07, 6.45) is -0.103. The predicted molar refractivity (Wildman–Crippen MR) is 101 cm³/mol. The minimum Gasteiger partial charge on any atom is -0.465 e. The summed E-state index contributed by atoms with van der Waals surface area (Å²) >= 11 is 1.65. The molecule has 26 heavy (non-hydrogen) atoms. The van der Waals surface area contributed by atoms with Crippen LogP contribution in [0.3, 0.4) is 0 Å². The highest BCUT2D eigenvalue weighted by Gasteiger charge is 2.46. The highest BCUT2D eigenvalue weighted by molar-refractivity contribution is 7.08. The summed E-state index contributed by atoms with van der Waals surface area (Å²) in [7, 11) is 3.43. The Morgan fingerprint density at radius 2 is 2.12 bits per heavy atom. The van der Waals surface area contributed by atoms with E-state index in [4.69, 9.17) is 0 Å². The average molecular weight is 371 g/mol. The highest BCUT2D eigenvalue weighted by Crippen LogP contribution is 2.51. The lowest BCUT2D eigenvalue weighted by Crippen LogP contribution is -2.37. The van der Waals surface area contributed by atoms with Crippen molar-refractivity contribution < 1.29 is 14.7 Å². The Kier molecular flexibility index (Phi) is 4.11. The zero-order valence-electron chi connectivity index (χ0n) is 14.7. The smallest absolute Gasteiger partial charge is 0.407 e. The number of carboxylic acid groups (broad SMARTS) is 1. The van der Waals surface area contributed by atoms with Gasteiger partial charge < -0.3 is 20.2 Å². The topological polar surface area (TPSA) is 72.9 Å². The standard InChI is InChI=1S/C19H21N3O3S/c1-21(2)18(23)11-3-4-15-14(9-11)17-13(5-7-22(17)19(24)25)16(20-15)12-6-8-26-10-12/h3-4,6,8-10,13,16-17,20H,5,7H2,1-2H3,(H,24,25). The number of rotatable bonds is 2. The van der Waals surface area contributed by atoms with Crippen LogP contribution in [0.5, 0.6) is 0 Å². The van der Waals surface area contributed by atoms with Crippen LogP contribution in [0.25, 0.3) is 0 Å². The second-order valence-electron chi connectivity index (χ2n) is 7.05. The fraction of sp³-hybridized carbons (Fsp3) is 0.368. The Labute approximate surface area is 156 Å². The number of nitrogens with one attached hydrogen (secondary N) is 1. The van der Waals surface area contributed by atoms with Crippen LogP contribution in [-0.4, -0.2) is 47.5 Å². The second kappa shape index (κ2) is 6.32. The summed E-state index contributed by atoms with van der Waals surface area (Å²) < 4.78 is 0. The Balaban J connectivity index is 1.81. The maximum Gasteiger partial charge on any atom is 0.407 e. The van der Waals surface area contributed by atoms with Crippen molar-refractivity contribution in [1.29, 1.82) is 0 Å². The molecule has 0 bridgehead atoms. The molecular weight excluding hydrogens is 350 g/mol. The Morgan fingerprint density at radius 3 is 2.77 bits per heavy atom. The van der Waals surface area contributed by atoms with Gasteiger partial charge in [-0.25, -0.2) is 4.79 Å². The lowest BCUT2D eigenvalue weighted by molar-refractivity contribution is 0.0827. The number of carbonyl (C=O) groups excluding carboxylic acids is 1. The first kappa shape index (κ1) is 16.9. The molecule has 4 rings (SSSR count). The van der Waals surface area contributed by atoms with Gasteiger partial charge in [-0.2, -0.15) is 11.3 Å². The molecule has 2 aliphatic heterocycles. The third kappa shape index (κ3) is 2.63. The number of amides is 2. The van der Waals surface area contributed by atoms with Gasteiger partial charge in [-0.1, -0.05) is 0 Å². The van der Waals surface area contributed by atoms with Crippen molar-refractivity contribution in [2.45, 2.75) is 18.5 Å². The van der Waals surface area contributed by atoms with Crippen LogP contribution in [0, 0.1) is 5.92 Å². The third-order valence-electron chi connectivity index (χ3n) is 5.36. The van der Waals surface area contributed by atoms with Crippen molar-refractivity contribution in [2.75, 3.05) is 26.0 Å². The summed E-state index contributed by atoms with van der Waals surface area (Å²) in [4.78, 5) is 27.2. The fourth-order valence-corrected chi connectivity index (χ4v) is 4.86. The molecule has 2 N–H and O–H groups in total. The van der Waals surface area contributed by atoms with Crippen LogP contribution in [0.15, 0.2) is 35.0 Å². The van der Waals surface area contributed by atoms with E-state index >= 15 is 0 Å².